The van der Waals surface area contributed by atoms with Crippen molar-refractivity contribution in [2.75, 3.05) is 13.1 Å². The Morgan fingerprint density at radius 3 is 3.04 bits per heavy atom. The van der Waals surface area contributed by atoms with Crippen molar-refractivity contribution in [2.24, 2.45) is 0 Å². The lowest BCUT2D eigenvalue weighted by Crippen LogP contribution is -2.39. The predicted molar refractivity (Wildman–Crippen MR) is 92.9 cm³/mol. The van der Waals surface area contributed by atoms with Gasteiger partial charge in [0, 0.05) is 48.5 Å². The Morgan fingerprint density at radius 1 is 1.36 bits per heavy atom. The Bertz CT molecular complexity index is 922. The largest absolute Gasteiger partial charge is 0.350 e. The van der Waals surface area contributed by atoms with Crippen molar-refractivity contribution in [2.45, 2.75) is 25.7 Å². The molecule has 25 heavy (non-hydrogen) atoms. The van der Waals surface area contributed by atoms with Crippen molar-refractivity contribution in [3.05, 3.63) is 59.6 Å². The molecular formula is C19H19FN4O. The maximum absolute atomic E-state index is 13.5. The predicted octanol–water partition coefficient (Wildman–Crippen LogP) is 3.43. The van der Waals surface area contributed by atoms with Gasteiger partial charge in [0.15, 0.2) is 0 Å². The van der Waals surface area contributed by atoms with Gasteiger partial charge in [0.1, 0.15) is 11.5 Å². The normalized spacial score (nSPS) is 17.8. The SMILES string of the molecule is Cc1c(C(=O)N2CCC[C@@H](c3cnccn3)C2)[nH]c2ccc(F)cc12. The van der Waals surface area contributed by atoms with Crippen LogP contribution in [0.5, 0.6) is 0 Å². The third-order valence-electron chi connectivity index (χ3n) is 4.94. The molecule has 0 aliphatic carbocycles. The van der Waals surface area contributed by atoms with Crippen LogP contribution in [0, 0.1) is 12.7 Å². The van der Waals surface area contributed by atoms with Gasteiger partial charge in [-0.1, -0.05) is 0 Å². The number of halogens is 1. The lowest BCUT2D eigenvalue weighted by atomic mass is 9.94. The number of nitrogens with one attached hydrogen (secondary N) is 1. The molecule has 128 valence electrons. The highest BCUT2D eigenvalue weighted by atomic mass is 19.1. The summed E-state index contributed by atoms with van der Waals surface area (Å²) in [6, 6.07) is 4.54. The molecule has 1 aliphatic rings. The van der Waals surface area contributed by atoms with Gasteiger partial charge in [0.25, 0.3) is 5.91 Å². The van der Waals surface area contributed by atoms with Crippen LogP contribution in [0.4, 0.5) is 4.39 Å². The van der Waals surface area contributed by atoms with E-state index in [1.807, 2.05) is 11.8 Å². The number of nitrogens with zero attached hydrogens (tertiary/aromatic N) is 3. The molecule has 0 unspecified atom stereocenters. The first-order valence-electron chi connectivity index (χ1n) is 8.46. The summed E-state index contributed by atoms with van der Waals surface area (Å²) in [6.45, 7) is 3.20. The van der Waals surface area contributed by atoms with Crippen molar-refractivity contribution in [1.29, 1.82) is 0 Å². The molecule has 2 aromatic heterocycles. The van der Waals surface area contributed by atoms with E-state index in [1.165, 1.54) is 12.1 Å². The number of rotatable bonds is 2. The molecule has 4 rings (SSSR count). The van der Waals surface area contributed by atoms with Crippen molar-refractivity contribution >= 4 is 16.8 Å². The van der Waals surface area contributed by atoms with Crippen LogP contribution in [0.3, 0.4) is 0 Å². The van der Waals surface area contributed by atoms with Crippen molar-refractivity contribution < 1.29 is 9.18 Å². The number of aromatic nitrogens is 3. The summed E-state index contributed by atoms with van der Waals surface area (Å²) in [6.07, 6.45) is 7.05. The number of fused-ring (bicyclic) bond motifs is 1. The van der Waals surface area contributed by atoms with E-state index in [-0.39, 0.29) is 17.6 Å². The van der Waals surface area contributed by atoms with E-state index in [2.05, 4.69) is 15.0 Å². The molecule has 1 saturated heterocycles. The van der Waals surface area contributed by atoms with Gasteiger partial charge in [-0.15, -0.1) is 0 Å². The maximum atomic E-state index is 13.5. The smallest absolute Gasteiger partial charge is 0.270 e. The number of amides is 1. The van der Waals surface area contributed by atoms with Crippen LogP contribution in [0.2, 0.25) is 0 Å². The number of benzene rings is 1. The Hall–Kier alpha value is -2.76. The number of carbonyl (C=O) groups is 1. The molecule has 1 aromatic carbocycles. The van der Waals surface area contributed by atoms with Gasteiger partial charge in [-0.2, -0.15) is 0 Å². The average Bonchev–Trinajstić information content (AvgIpc) is 2.98. The van der Waals surface area contributed by atoms with Crippen LogP contribution in [0.25, 0.3) is 10.9 Å². The average molecular weight is 338 g/mol. The highest BCUT2D eigenvalue weighted by Crippen LogP contribution is 2.28. The van der Waals surface area contributed by atoms with E-state index in [0.29, 0.717) is 12.2 Å². The van der Waals surface area contributed by atoms with E-state index in [0.717, 1.165) is 41.5 Å². The second-order valence-electron chi connectivity index (χ2n) is 6.54. The van der Waals surface area contributed by atoms with Crippen molar-refractivity contribution in [3.63, 3.8) is 0 Å². The maximum Gasteiger partial charge on any atom is 0.270 e. The van der Waals surface area contributed by atoms with Crippen LogP contribution in [-0.4, -0.2) is 38.8 Å². The Kier molecular flexibility index (Phi) is 3.95. The number of aromatic amines is 1. The quantitative estimate of drug-likeness (QED) is 0.779. The number of hydrogen-bond donors (Lipinski definition) is 1. The second-order valence-corrected chi connectivity index (χ2v) is 6.54. The van der Waals surface area contributed by atoms with Gasteiger partial charge < -0.3 is 9.88 Å². The van der Waals surface area contributed by atoms with Crippen molar-refractivity contribution in [3.8, 4) is 0 Å². The van der Waals surface area contributed by atoms with Crippen LogP contribution in [0.15, 0.2) is 36.8 Å². The fourth-order valence-corrected chi connectivity index (χ4v) is 3.60. The zero-order valence-electron chi connectivity index (χ0n) is 14.0. The molecule has 5 nitrogen and oxygen atoms in total. The molecule has 3 heterocycles. The molecule has 1 atom stereocenters. The number of aryl methyl sites for hydroxylation is 1. The third-order valence-corrected chi connectivity index (χ3v) is 4.94. The fourth-order valence-electron chi connectivity index (χ4n) is 3.60. The summed E-state index contributed by atoms with van der Waals surface area (Å²) in [7, 11) is 0. The topological polar surface area (TPSA) is 61.9 Å². The Balaban J connectivity index is 1.61. The Labute approximate surface area is 144 Å². The lowest BCUT2D eigenvalue weighted by Gasteiger charge is -2.32. The number of H-pyrrole nitrogens is 1. The van der Waals surface area contributed by atoms with Gasteiger partial charge in [-0.05, 0) is 43.5 Å². The molecule has 1 aliphatic heterocycles. The van der Waals surface area contributed by atoms with E-state index in [9.17, 15) is 9.18 Å². The molecule has 0 bridgehead atoms. The second kappa shape index (κ2) is 6.27. The monoisotopic (exact) mass is 338 g/mol. The number of carbonyl (C=O) groups excluding carboxylic acids is 1. The summed E-state index contributed by atoms with van der Waals surface area (Å²) >= 11 is 0. The Morgan fingerprint density at radius 2 is 2.24 bits per heavy atom. The van der Waals surface area contributed by atoms with Gasteiger partial charge in [0.2, 0.25) is 0 Å². The van der Waals surface area contributed by atoms with Crippen LogP contribution in [-0.2, 0) is 0 Å². The molecule has 1 N–H and O–H groups in total. The lowest BCUT2D eigenvalue weighted by molar-refractivity contribution is 0.0700. The van der Waals surface area contributed by atoms with Crippen LogP contribution in [0.1, 0.15) is 40.5 Å². The van der Waals surface area contributed by atoms with Gasteiger partial charge in [-0.25, -0.2) is 4.39 Å². The van der Waals surface area contributed by atoms with Crippen LogP contribution < -0.4 is 0 Å². The van der Waals surface area contributed by atoms with Gasteiger partial charge >= 0.3 is 0 Å². The van der Waals surface area contributed by atoms with Gasteiger partial charge in [-0.3, -0.25) is 14.8 Å². The zero-order chi connectivity index (χ0) is 17.4. The number of likely N-dealkylation sites (tertiary alicyclic amines) is 1. The first-order chi connectivity index (χ1) is 12.1. The molecule has 0 saturated carbocycles. The molecule has 1 amide bonds. The summed E-state index contributed by atoms with van der Waals surface area (Å²) < 4.78 is 13.5. The summed E-state index contributed by atoms with van der Waals surface area (Å²) in [5.74, 6) is -0.134. The van der Waals surface area contributed by atoms with Crippen molar-refractivity contribution in [1.82, 2.24) is 19.9 Å². The molecule has 0 radical (unpaired) electrons. The zero-order valence-corrected chi connectivity index (χ0v) is 14.0. The standard InChI is InChI=1S/C19H19FN4O/c1-12-15-9-14(20)4-5-16(15)23-18(12)19(25)24-8-2-3-13(11-24)17-10-21-6-7-22-17/h4-7,9-10,13,23H,2-3,8,11H2,1H3/t13-/m1/s1. The minimum atomic E-state index is -0.297. The fraction of sp³-hybridized carbons (Fsp3) is 0.316. The first kappa shape index (κ1) is 15.7. The van der Waals surface area contributed by atoms with Crippen LogP contribution >= 0.6 is 0 Å². The third kappa shape index (κ3) is 2.88. The molecule has 1 fully saturated rings. The molecular weight excluding hydrogens is 319 g/mol. The van der Waals surface area contributed by atoms with E-state index >= 15 is 0 Å². The van der Waals surface area contributed by atoms with E-state index < -0.39 is 0 Å². The molecule has 6 heteroatoms. The molecule has 0 spiro atoms. The number of piperidine rings is 1. The number of hydrogen-bond acceptors (Lipinski definition) is 3. The summed E-state index contributed by atoms with van der Waals surface area (Å²) in [4.78, 5) is 26.5. The van der Waals surface area contributed by atoms with Gasteiger partial charge in [0.05, 0.1) is 5.69 Å². The minimum Gasteiger partial charge on any atom is -0.350 e. The highest BCUT2D eigenvalue weighted by Gasteiger charge is 2.28. The van der Waals surface area contributed by atoms with E-state index in [1.54, 1.807) is 24.7 Å². The minimum absolute atomic E-state index is 0.0392. The highest BCUT2D eigenvalue weighted by molar-refractivity contribution is 6.01. The van der Waals surface area contributed by atoms with E-state index in [4.69, 9.17) is 0 Å². The summed E-state index contributed by atoms with van der Waals surface area (Å²) in [5, 5.41) is 0.755. The summed E-state index contributed by atoms with van der Waals surface area (Å²) in [5.41, 5.74) is 3.04. The molecule has 3 aromatic rings. The first-order valence-corrected chi connectivity index (χ1v) is 8.46.